The van der Waals surface area contributed by atoms with Crippen molar-refractivity contribution < 1.29 is 9.68 Å². The monoisotopic (exact) mass is 381 g/mol. The lowest BCUT2D eigenvalue weighted by atomic mass is 10.0. The molecule has 27 heavy (non-hydrogen) atoms. The van der Waals surface area contributed by atoms with Gasteiger partial charge in [-0.25, -0.2) is 0 Å². The number of β-amino-alcohol motifs (C(OH)–C–C–N with tert-alkyl or cyclic N) is 1. The molecular weight excluding hydrogens is 332 g/mol. The van der Waals surface area contributed by atoms with Crippen molar-refractivity contribution in [1.82, 2.24) is 5.32 Å². The summed E-state index contributed by atoms with van der Waals surface area (Å²) in [7, 11) is 0. The molecule has 160 valence electrons. The first-order chi connectivity index (χ1) is 13.4. The molecule has 0 saturated heterocycles. The van der Waals surface area contributed by atoms with Crippen LogP contribution >= 0.6 is 0 Å². The summed E-state index contributed by atoms with van der Waals surface area (Å²) in [5.41, 5.74) is 0. The van der Waals surface area contributed by atoms with Gasteiger partial charge in [-0.1, -0.05) is 110 Å². The first-order valence-electron chi connectivity index (χ1n) is 12.3. The van der Waals surface area contributed by atoms with Crippen LogP contribution in [-0.4, -0.2) is 41.8 Å². The average molecular weight is 382 g/mol. The zero-order valence-electron chi connectivity index (χ0n) is 18.5. The zero-order chi connectivity index (χ0) is 19.4. The Morgan fingerprint density at radius 2 is 1.15 bits per heavy atom. The van der Waals surface area contributed by atoms with Crippen LogP contribution in [-0.2, 0) is 0 Å². The molecule has 1 heterocycles. The van der Waals surface area contributed by atoms with E-state index in [0.29, 0.717) is 0 Å². The highest BCUT2D eigenvalue weighted by Gasteiger charge is 2.19. The van der Waals surface area contributed by atoms with E-state index in [9.17, 15) is 0 Å². The van der Waals surface area contributed by atoms with Gasteiger partial charge in [0.25, 0.3) is 0 Å². The summed E-state index contributed by atoms with van der Waals surface area (Å²) in [6.07, 6.45) is 25.5. The molecule has 0 fully saturated rings. The molecule has 0 bridgehead atoms. The van der Waals surface area contributed by atoms with E-state index in [-0.39, 0.29) is 6.61 Å². The number of amidine groups is 1. The van der Waals surface area contributed by atoms with Crippen LogP contribution in [0.15, 0.2) is 0 Å². The average Bonchev–Trinajstić information content (AvgIpc) is 3.11. The molecular formula is C24H49N2O+. The van der Waals surface area contributed by atoms with Crippen molar-refractivity contribution in [2.45, 2.75) is 122 Å². The maximum atomic E-state index is 9.08. The van der Waals surface area contributed by atoms with Gasteiger partial charge in [-0.2, -0.15) is 0 Å². The SMILES string of the molecule is CCCCCCCCCCCCCCCCCCCC1=[N+](CCO)CCN1. The molecule has 1 rings (SSSR count). The first-order valence-corrected chi connectivity index (χ1v) is 12.3. The fraction of sp³-hybridized carbons (Fsp3) is 0.958. The topological polar surface area (TPSA) is 35.3 Å². The van der Waals surface area contributed by atoms with E-state index < -0.39 is 0 Å². The molecule has 0 saturated carbocycles. The van der Waals surface area contributed by atoms with Crippen molar-refractivity contribution in [2.24, 2.45) is 0 Å². The van der Waals surface area contributed by atoms with E-state index in [1.165, 1.54) is 121 Å². The number of nitrogens with zero attached hydrogens (tertiary/aromatic N) is 1. The van der Waals surface area contributed by atoms with Gasteiger partial charge >= 0.3 is 0 Å². The van der Waals surface area contributed by atoms with Crippen molar-refractivity contribution in [3.63, 3.8) is 0 Å². The quantitative estimate of drug-likeness (QED) is 0.199. The van der Waals surface area contributed by atoms with Gasteiger partial charge in [0.05, 0.1) is 6.61 Å². The Labute approximate surface area is 170 Å². The van der Waals surface area contributed by atoms with E-state index in [0.717, 1.165) is 19.6 Å². The van der Waals surface area contributed by atoms with Crippen LogP contribution in [0.1, 0.15) is 122 Å². The van der Waals surface area contributed by atoms with Crippen LogP contribution in [0, 0.1) is 0 Å². The number of rotatable bonds is 20. The fourth-order valence-corrected chi connectivity index (χ4v) is 4.21. The third-order valence-corrected chi connectivity index (χ3v) is 5.98. The molecule has 1 aliphatic heterocycles. The summed E-state index contributed by atoms with van der Waals surface area (Å²) < 4.78 is 2.31. The second-order valence-electron chi connectivity index (χ2n) is 8.49. The molecule has 1 aliphatic rings. The predicted octanol–water partition coefficient (Wildman–Crippen LogP) is 6.03. The minimum Gasteiger partial charge on any atom is -0.392 e. The highest BCUT2D eigenvalue weighted by atomic mass is 16.3. The van der Waals surface area contributed by atoms with Crippen LogP contribution in [0.25, 0.3) is 0 Å². The van der Waals surface area contributed by atoms with Gasteiger partial charge in [-0.3, -0.25) is 9.89 Å². The van der Waals surface area contributed by atoms with Gasteiger partial charge in [-0.05, 0) is 6.42 Å². The smallest absolute Gasteiger partial charge is 0.245 e. The van der Waals surface area contributed by atoms with Crippen molar-refractivity contribution in [2.75, 3.05) is 26.2 Å². The highest BCUT2D eigenvalue weighted by molar-refractivity contribution is 5.78. The van der Waals surface area contributed by atoms with Crippen LogP contribution in [0.2, 0.25) is 0 Å². The second-order valence-corrected chi connectivity index (χ2v) is 8.49. The van der Waals surface area contributed by atoms with Crippen LogP contribution < -0.4 is 5.32 Å². The van der Waals surface area contributed by atoms with Crippen molar-refractivity contribution >= 4 is 5.84 Å². The van der Waals surface area contributed by atoms with Crippen LogP contribution in [0.4, 0.5) is 0 Å². The number of nitrogens with one attached hydrogen (secondary N) is 1. The third-order valence-electron chi connectivity index (χ3n) is 5.98. The summed E-state index contributed by atoms with van der Waals surface area (Å²) >= 11 is 0. The van der Waals surface area contributed by atoms with E-state index in [4.69, 9.17) is 5.11 Å². The molecule has 0 atom stereocenters. The van der Waals surface area contributed by atoms with Gasteiger partial charge in [-0.15, -0.1) is 0 Å². The Kier molecular flexibility index (Phi) is 17.0. The number of aliphatic hydroxyl groups is 1. The van der Waals surface area contributed by atoms with Crippen molar-refractivity contribution in [3.05, 3.63) is 0 Å². The fourth-order valence-electron chi connectivity index (χ4n) is 4.21. The molecule has 0 aromatic rings. The normalized spacial score (nSPS) is 14.1. The van der Waals surface area contributed by atoms with E-state index >= 15 is 0 Å². The summed E-state index contributed by atoms with van der Waals surface area (Å²) in [5, 5.41) is 12.6. The van der Waals surface area contributed by atoms with E-state index in [1.54, 1.807) is 0 Å². The Balaban J connectivity index is 1.75. The molecule has 2 N–H and O–H groups in total. The Morgan fingerprint density at radius 3 is 1.59 bits per heavy atom. The van der Waals surface area contributed by atoms with Gasteiger partial charge in [0.2, 0.25) is 5.84 Å². The van der Waals surface area contributed by atoms with Crippen molar-refractivity contribution in [3.8, 4) is 0 Å². The molecule has 0 amide bonds. The Morgan fingerprint density at radius 1 is 0.704 bits per heavy atom. The third kappa shape index (κ3) is 14.1. The number of unbranched alkanes of at least 4 members (excludes halogenated alkanes) is 16. The van der Waals surface area contributed by atoms with Gasteiger partial charge < -0.3 is 5.11 Å². The molecule has 0 aromatic heterocycles. The van der Waals surface area contributed by atoms with Crippen molar-refractivity contribution in [1.29, 1.82) is 0 Å². The molecule has 0 aromatic carbocycles. The number of hydrogen-bond acceptors (Lipinski definition) is 2. The summed E-state index contributed by atoms with van der Waals surface area (Å²) in [5.74, 6) is 1.37. The zero-order valence-corrected chi connectivity index (χ0v) is 18.5. The highest BCUT2D eigenvalue weighted by Crippen LogP contribution is 2.14. The lowest BCUT2D eigenvalue weighted by molar-refractivity contribution is -0.521. The minimum atomic E-state index is 0.268. The van der Waals surface area contributed by atoms with E-state index in [2.05, 4.69) is 16.8 Å². The Bertz CT molecular complexity index is 354. The van der Waals surface area contributed by atoms with E-state index in [1.807, 2.05) is 0 Å². The molecule has 0 unspecified atom stereocenters. The van der Waals surface area contributed by atoms with Crippen LogP contribution in [0.5, 0.6) is 0 Å². The largest absolute Gasteiger partial charge is 0.392 e. The number of aliphatic hydroxyl groups excluding tert-OH is 1. The second kappa shape index (κ2) is 18.8. The molecule has 0 radical (unpaired) electrons. The lowest BCUT2D eigenvalue weighted by Gasteiger charge is -2.04. The van der Waals surface area contributed by atoms with Gasteiger partial charge in [0.15, 0.2) is 0 Å². The lowest BCUT2D eigenvalue weighted by Crippen LogP contribution is -2.24. The maximum absolute atomic E-state index is 9.08. The summed E-state index contributed by atoms with van der Waals surface area (Å²) in [4.78, 5) is 0. The maximum Gasteiger partial charge on any atom is 0.245 e. The predicted molar refractivity (Wildman–Crippen MR) is 119 cm³/mol. The van der Waals surface area contributed by atoms with Gasteiger partial charge in [0, 0.05) is 6.42 Å². The standard InChI is InChI=1S/C24H48N2O/c1-2-3-4-5-6-7-8-9-10-11-12-13-14-15-16-17-18-19-24-25-20-21-26(24)22-23-27/h27H,2-23H2,1H3/p+1. The van der Waals surface area contributed by atoms with Crippen LogP contribution in [0.3, 0.4) is 0 Å². The summed E-state index contributed by atoms with van der Waals surface area (Å²) in [6, 6.07) is 0. The molecule has 3 heteroatoms. The molecule has 0 spiro atoms. The molecule has 0 aliphatic carbocycles. The molecule has 3 nitrogen and oxygen atoms in total. The summed E-state index contributed by atoms with van der Waals surface area (Å²) in [6.45, 7) is 5.47. The first kappa shape index (κ1) is 24.5. The number of hydrogen-bond donors (Lipinski definition) is 2. The Hall–Kier alpha value is -0.570. The van der Waals surface area contributed by atoms with Gasteiger partial charge in [0.1, 0.15) is 19.6 Å². The minimum absolute atomic E-state index is 0.268.